The van der Waals surface area contributed by atoms with Gasteiger partial charge in [-0.25, -0.2) is 0 Å². The molecule has 4 nitrogen and oxygen atoms in total. The lowest BCUT2D eigenvalue weighted by Crippen LogP contribution is -2.46. The zero-order valence-corrected chi connectivity index (χ0v) is 12.6. The molecule has 0 spiro atoms. The second kappa shape index (κ2) is 5.34. The molecule has 20 heavy (non-hydrogen) atoms. The third kappa shape index (κ3) is 2.46. The number of hydrogen-bond donors (Lipinski definition) is 1. The molecule has 0 radical (unpaired) electrons. The van der Waals surface area contributed by atoms with Gasteiger partial charge >= 0.3 is 0 Å². The van der Waals surface area contributed by atoms with E-state index in [1.807, 2.05) is 19.1 Å². The maximum absolute atomic E-state index is 10.6. The minimum atomic E-state index is -0.685. The second-order valence-electron chi connectivity index (χ2n) is 5.99. The molecule has 4 heteroatoms. The molecule has 0 saturated carbocycles. The predicted octanol–water partition coefficient (Wildman–Crippen LogP) is 2.55. The zero-order valence-electron chi connectivity index (χ0n) is 12.6. The third-order valence-electron chi connectivity index (χ3n) is 4.10. The largest absolute Gasteiger partial charge is 0.495 e. The number of anilines is 1. The molecular weight excluding hydrogens is 252 g/mol. The van der Waals surface area contributed by atoms with Gasteiger partial charge in [-0.3, -0.25) is 0 Å². The van der Waals surface area contributed by atoms with Crippen molar-refractivity contribution in [3.63, 3.8) is 0 Å². The van der Waals surface area contributed by atoms with Crippen LogP contribution in [0.3, 0.4) is 0 Å². The van der Waals surface area contributed by atoms with Crippen LogP contribution in [0, 0.1) is 17.2 Å². The Hall–Kier alpha value is -1.73. The number of methoxy groups -OCH3 is 1. The molecular formula is C16H22N2O2. The Morgan fingerprint density at radius 1 is 1.50 bits per heavy atom. The average Bonchev–Trinajstić information content (AvgIpc) is 2.73. The fourth-order valence-electron chi connectivity index (χ4n) is 3.29. The summed E-state index contributed by atoms with van der Waals surface area (Å²) >= 11 is 0. The molecule has 1 aromatic rings. The van der Waals surface area contributed by atoms with Crippen LogP contribution in [0.5, 0.6) is 5.75 Å². The van der Waals surface area contributed by atoms with Crippen molar-refractivity contribution in [2.24, 2.45) is 5.92 Å². The summed E-state index contributed by atoms with van der Waals surface area (Å²) in [4.78, 5) is 2.22. The number of rotatable bonds is 3. The van der Waals surface area contributed by atoms with E-state index in [1.165, 1.54) is 0 Å². The quantitative estimate of drug-likeness (QED) is 0.920. The highest BCUT2D eigenvalue weighted by Crippen LogP contribution is 2.38. The second-order valence-corrected chi connectivity index (χ2v) is 5.99. The van der Waals surface area contributed by atoms with Gasteiger partial charge < -0.3 is 14.7 Å². The molecule has 0 aromatic heterocycles. The Morgan fingerprint density at radius 3 is 2.75 bits per heavy atom. The molecule has 1 fully saturated rings. The summed E-state index contributed by atoms with van der Waals surface area (Å²) in [5.74, 6) is 0.924. The van der Waals surface area contributed by atoms with Gasteiger partial charge in [0.1, 0.15) is 11.8 Å². The Balaban J connectivity index is 2.39. The van der Waals surface area contributed by atoms with Crippen LogP contribution in [-0.2, 0) is 0 Å². The highest BCUT2D eigenvalue weighted by Gasteiger charge is 2.44. The van der Waals surface area contributed by atoms with Gasteiger partial charge in [-0.2, -0.15) is 5.26 Å². The van der Waals surface area contributed by atoms with E-state index in [9.17, 15) is 5.11 Å². The van der Waals surface area contributed by atoms with Crippen molar-refractivity contribution in [2.45, 2.75) is 38.8 Å². The van der Waals surface area contributed by atoms with Gasteiger partial charge in [0, 0.05) is 18.3 Å². The summed E-state index contributed by atoms with van der Waals surface area (Å²) < 4.78 is 5.27. The molecule has 1 saturated heterocycles. The van der Waals surface area contributed by atoms with E-state index in [-0.39, 0.29) is 6.04 Å². The molecule has 0 bridgehead atoms. The monoisotopic (exact) mass is 274 g/mol. The maximum atomic E-state index is 10.6. The van der Waals surface area contributed by atoms with Crippen molar-refractivity contribution >= 4 is 5.69 Å². The first-order valence-corrected chi connectivity index (χ1v) is 6.98. The molecule has 1 heterocycles. The molecule has 2 rings (SSSR count). The molecule has 0 aliphatic carbocycles. The number of ether oxygens (including phenoxy) is 1. The first kappa shape index (κ1) is 14.7. The smallest absolute Gasteiger partial charge is 0.138 e. The van der Waals surface area contributed by atoms with Gasteiger partial charge in [0.05, 0.1) is 24.3 Å². The van der Waals surface area contributed by atoms with Crippen molar-refractivity contribution in [1.29, 1.82) is 5.26 Å². The fraction of sp³-hybridized carbons (Fsp3) is 0.562. The van der Waals surface area contributed by atoms with Crippen LogP contribution in [0.15, 0.2) is 18.2 Å². The van der Waals surface area contributed by atoms with E-state index in [4.69, 9.17) is 10.00 Å². The summed E-state index contributed by atoms with van der Waals surface area (Å²) in [6.45, 7) is 6.96. The molecule has 108 valence electrons. The maximum Gasteiger partial charge on any atom is 0.138 e. The zero-order chi connectivity index (χ0) is 14.9. The van der Waals surface area contributed by atoms with E-state index in [2.05, 4.69) is 24.8 Å². The molecule has 1 aromatic carbocycles. The number of hydrogen-bond acceptors (Lipinski definition) is 4. The average molecular weight is 274 g/mol. The minimum absolute atomic E-state index is 0.0696. The summed E-state index contributed by atoms with van der Waals surface area (Å²) in [6, 6.07) is 7.78. The van der Waals surface area contributed by atoms with Gasteiger partial charge in [0.2, 0.25) is 0 Å². The normalized spacial score (nSPS) is 25.9. The summed E-state index contributed by atoms with van der Waals surface area (Å²) in [5, 5.41) is 19.6. The fourth-order valence-corrected chi connectivity index (χ4v) is 3.29. The van der Waals surface area contributed by atoms with Crippen LogP contribution < -0.4 is 9.64 Å². The van der Waals surface area contributed by atoms with Crippen molar-refractivity contribution in [3.8, 4) is 11.8 Å². The first-order valence-electron chi connectivity index (χ1n) is 6.98. The van der Waals surface area contributed by atoms with Crippen LogP contribution in [0.25, 0.3) is 0 Å². The van der Waals surface area contributed by atoms with Gasteiger partial charge in [-0.15, -0.1) is 0 Å². The molecule has 1 aliphatic rings. The number of aliphatic hydroxyl groups is 1. The third-order valence-corrected chi connectivity index (χ3v) is 4.10. The van der Waals surface area contributed by atoms with Crippen LogP contribution in [0.2, 0.25) is 0 Å². The van der Waals surface area contributed by atoms with Gasteiger partial charge in [0.25, 0.3) is 0 Å². The lowest BCUT2D eigenvalue weighted by molar-refractivity contribution is 0.0371. The highest BCUT2D eigenvalue weighted by atomic mass is 16.5. The Bertz CT molecular complexity index is 532. The summed E-state index contributed by atoms with van der Waals surface area (Å²) in [5.41, 5.74) is 0.843. The van der Waals surface area contributed by atoms with E-state index in [0.29, 0.717) is 17.2 Å². The lowest BCUT2D eigenvalue weighted by atomic mass is 9.88. The molecule has 2 atom stereocenters. The molecule has 1 N–H and O–H groups in total. The Morgan fingerprint density at radius 2 is 2.20 bits per heavy atom. The van der Waals surface area contributed by atoms with E-state index in [1.54, 1.807) is 13.2 Å². The van der Waals surface area contributed by atoms with Crippen LogP contribution in [0.4, 0.5) is 5.69 Å². The summed E-state index contributed by atoms with van der Waals surface area (Å²) in [6.07, 6.45) is 0.748. The number of nitrogens with zero attached hydrogens (tertiary/aromatic N) is 2. The highest BCUT2D eigenvalue weighted by molar-refractivity contribution is 5.58. The van der Waals surface area contributed by atoms with Gasteiger partial charge in [0.15, 0.2) is 0 Å². The Kier molecular flexibility index (Phi) is 3.92. The number of benzene rings is 1. The van der Waals surface area contributed by atoms with E-state index in [0.717, 1.165) is 18.7 Å². The van der Waals surface area contributed by atoms with Crippen LogP contribution >= 0.6 is 0 Å². The Labute approximate surface area is 120 Å². The first-order chi connectivity index (χ1) is 9.40. The standard InChI is InChI=1S/C16H22N2O2/c1-11(2)15-16(3,19)7-8-18(15)13-6-5-12(10-17)14(9-13)20-4/h5-6,9,11,15,19H,7-8H2,1-4H3. The SMILES string of the molecule is COc1cc(N2CCC(C)(O)C2C(C)C)ccc1C#N. The van der Waals surface area contributed by atoms with Crippen molar-refractivity contribution < 1.29 is 9.84 Å². The minimum Gasteiger partial charge on any atom is -0.495 e. The molecule has 0 amide bonds. The molecule has 2 unspecified atom stereocenters. The van der Waals surface area contributed by atoms with Crippen molar-refractivity contribution in [1.82, 2.24) is 0 Å². The number of nitriles is 1. The van der Waals surface area contributed by atoms with E-state index < -0.39 is 5.60 Å². The lowest BCUT2D eigenvalue weighted by Gasteiger charge is -2.36. The van der Waals surface area contributed by atoms with E-state index >= 15 is 0 Å². The van der Waals surface area contributed by atoms with Crippen molar-refractivity contribution in [2.75, 3.05) is 18.6 Å². The van der Waals surface area contributed by atoms with Gasteiger partial charge in [-0.1, -0.05) is 13.8 Å². The summed E-state index contributed by atoms with van der Waals surface area (Å²) in [7, 11) is 1.57. The van der Waals surface area contributed by atoms with Crippen LogP contribution in [0.1, 0.15) is 32.8 Å². The van der Waals surface area contributed by atoms with Gasteiger partial charge in [-0.05, 0) is 31.4 Å². The predicted molar refractivity (Wildman–Crippen MR) is 78.9 cm³/mol. The van der Waals surface area contributed by atoms with Crippen molar-refractivity contribution in [3.05, 3.63) is 23.8 Å². The molecule has 1 aliphatic heterocycles. The van der Waals surface area contributed by atoms with Crippen LogP contribution in [-0.4, -0.2) is 30.4 Å². The topological polar surface area (TPSA) is 56.5 Å².